The Labute approximate surface area is 120 Å². The van der Waals surface area contributed by atoms with Crippen LogP contribution in [0.3, 0.4) is 0 Å². The summed E-state index contributed by atoms with van der Waals surface area (Å²) in [4.78, 5) is 10.5. The summed E-state index contributed by atoms with van der Waals surface area (Å²) in [6.07, 6.45) is 0. The molecule has 0 aliphatic carbocycles. The molecule has 0 aliphatic rings. The molecule has 2 aromatic carbocycles. The summed E-state index contributed by atoms with van der Waals surface area (Å²) in [6, 6.07) is 12.2. The summed E-state index contributed by atoms with van der Waals surface area (Å²) in [6.45, 7) is 2.50. The maximum Gasteiger partial charge on any atom is 0.270 e. The van der Waals surface area contributed by atoms with Gasteiger partial charge in [0, 0.05) is 23.1 Å². The molecule has 0 spiro atoms. The van der Waals surface area contributed by atoms with Crippen molar-refractivity contribution in [3.63, 3.8) is 0 Å². The molecule has 6 nitrogen and oxygen atoms in total. The van der Waals surface area contributed by atoms with Gasteiger partial charge in [0.2, 0.25) is 0 Å². The van der Waals surface area contributed by atoms with Gasteiger partial charge in [-0.1, -0.05) is 12.1 Å². The summed E-state index contributed by atoms with van der Waals surface area (Å²) < 4.78 is 5.47. The van der Waals surface area contributed by atoms with E-state index < -0.39 is 4.92 Å². The van der Waals surface area contributed by atoms with Crippen LogP contribution in [0.15, 0.2) is 42.5 Å². The number of hydrogen-bond donors (Lipinski definition) is 1. The third kappa shape index (κ3) is 2.43. The first kappa shape index (κ1) is 13.1. The van der Waals surface area contributed by atoms with E-state index in [0.717, 1.165) is 22.2 Å². The summed E-state index contributed by atoms with van der Waals surface area (Å²) >= 11 is 0. The number of H-pyrrole nitrogens is 1. The SMILES string of the molecule is CCOc1cccc(-c2n[nH]c3ccc([N+](=O)[O-])cc23)c1. The third-order valence-electron chi connectivity index (χ3n) is 3.18. The summed E-state index contributed by atoms with van der Waals surface area (Å²) in [5.74, 6) is 0.747. The van der Waals surface area contributed by atoms with Gasteiger partial charge in [0.1, 0.15) is 11.4 Å². The Balaban J connectivity index is 2.13. The number of nitro groups is 1. The van der Waals surface area contributed by atoms with Crippen molar-refractivity contribution in [3.8, 4) is 17.0 Å². The molecule has 0 aliphatic heterocycles. The summed E-state index contributed by atoms with van der Waals surface area (Å²) in [5.41, 5.74) is 2.34. The van der Waals surface area contributed by atoms with Gasteiger partial charge in [-0.2, -0.15) is 5.10 Å². The second-order valence-electron chi connectivity index (χ2n) is 4.52. The van der Waals surface area contributed by atoms with E-state index >= 15 is 0 Å². The number of fused-ring (bicyclic) bond motifs is 1. The minimum atomic E-state index is -0.410. The zero-order valence-electron chi connectivity index (χ0n) is 11.4. The van der Waals surface area contributed by atoms with Crippen LogP contribution in [0.2, 0.25) is 0 Å². The van der Waals surface area contributed by atoms with E-state index in [1.807, 2.05) is 31.2 Å². The van der Waals surface area contributed by atoms with Crippen molar-refractivity contribution >= 4 is 16.6 Å². The molecular weight excluding hydrogens is 270 g/mol. The van der Waals surface area contributed by atoms with Crippen molar-refractivity contribution in [2.75, 3.05) is 6.61 Å². The lowest BCUT2D eigenvalue weighted by Crippen LogP contribution is -1.91. The van der Waals surface area contributed by atoms with Crippen molar-refractivity contribution in [1.82, 2.24) is 10.2 Å². The Kier molecular flexibility index (Phi) is 3.27. The van der Waals surface area contributed by atoms with Crippen LogP contribution in [-0.2, 0) is 0 Å². The highest BCUT2D eigenvalue weighted by Crippen LogP contribution is 2.30. The average Bonchev–Trinajstić information content (AvgIpc) is 2.90. The predicted octanol–water partition coefficient (Wildman–Crippen LogP) is 3.54. The van der Waals surface area contributed by atoms with Crippen LogP contribution in [0.4, 0.5) is 5.69 Å². The van der Waals surface area contributed by atoms with Crippen molar-refractivity contribution < 1.29 is 9.66 Å². The van der Waals surface area contributed by atoms with Crippen LogP contribution in [0.1, 0.15) is 6.92 Å². The molecule has 0 bridgehead atoms. The van der Waals surface area contributed by atoms with Gasteiger partial charge in [0.25, 0.3) is 5.69 Å². The van der Waals surface area contributed by atoms with Crippen molar-refractivity contribution in [2.45, 2.75) is 6.92 Å². The van der Waals surface area contributed by atoms with E-state index in [0.29, 0.717) is 12.3 Å². The second kappa shape index (κ2) is 5.24. The zero-order chi connectivity index (χ0) is 14.8. The van der Waals surface area contributed by atoms with Crippen molar-refractivity contribution in [3.05, 3.63) is 52.6 Å². The Bertz CT molecular complexity index is 811. The molecule has 0 amide bonds. The van der Waals surface area contributed by atoms with E-state index in [1.54, 1.807) is 6.07 Å². The molecule has 0 atom stereocenters. The quantitative estimate of drug-likeness (QED) is 0.586. The fourth-order valence-corrected chi connectivity index (χ4v) is 2.24. The minimum Gasteiger partial charge on any atom is -0.494 e. The molecule has 1 aromatic heterocycles. The molecule has 21 heavy (non-hydrogen) atoms. The average molecular weight is 283 g/mol. The highest BCUT2D eigenvalue weighted by atomic mass is 16.6. The molecule has 3 rings (SSSR count). The van der Waals surface area contributed by atoms with Gasteiger partial charge >= 0.3 is 0 Å². The van der Waals surface area contributed by atoms with Gasteiger partial charge in [0.05, 0.1) is 17.0 Å². The normalized spacial score (nSPS) is 10.7. The number of ether oxygens (including phenoxy) is 1. The van der Waals surface area contributed by atoms with Crippen LogP contribution in [0, 0.1) is 10.1 Å². The monoisotopic (exact) mass is 283 g/mol. The lowest BCUT2D eigenvalue weighted by atomic mass is 10.1. The number of nitrogens with one attached hydrogen (secondary N) is 1. The van der Waals surface area contributed by atoms with Crippen LogP contribution >= 0.6 is 0 Å². The van der Waals surface area contributed by atoms with Gasteiger partial charge in [-0.3, -0.25) is 15.2 Å². The number of hydrogen-bond acceptors (Lipinski definition) is 4. The highest BCUT2D eigenvalue weighted by Gasteiger charge is 2.13. The Morgan fingerprint density at radius 2 is 2.14 bits per heavy atom. The van der Waals surface area contributed by atoms with E-state index in [9.17, 15) is 10.1 Å². The maximum absolute atomic E-state index is 10.9. The smallest absolute Gasteiger partial charge is 0.270 e. The third-order valence-corrected chi connectivity index (χ3v) is 3.18. The largest absolute Gasteiger partial charge is 0.494 e. The van der Waals surface area contributed by atoms with Crippen molar-refractivity contribution in [1.29, 1.82) is 0 Å². The molecule has 1 heterocycles. The fraction of sp³-hybridized carbons (Fsp3) is 0.133. The van der Waals surface area contributed by atoms with Gasteiger partial charge in [0.15, 0.2) is 0 Å². The van der Waals surface area contributed by atoms with Gasteiger partial charge in [-0.25, -0.2) is 0 Å². The first-order valence-corrected chi connectivity index (χ1v) is 6.55. The van der Waals surface area contributed by atoms with Crippen LogP contribution in [0.25, 0.3) is 22.2 Å². The maximum atomic E-state index is 10.9. The van der Waals surface area contributed by atoms with E-state index in [1.165, 1.54) is 12.1 Å². The van der Waals surface area contributed by atoms with Crippen LogP contribution in [0.5, 0.6) is 5.75 Å². The van der Waals surface area contributed by atoms with Gasteiger partial charge in [-0.05, 0) is 25.1 Å². The molecule has 0 unspecified atom stereocenters. The van der Waals surface area contributed by atoms with E-state index in [-0.39, 0.29) is 5.69 Å². The molecular formula is C15H13N3O3. The van der Waals surface area contributed by atoms with Gasteiger partial charge in [-0.15, -0.1) is 0 Å². The molecule has 106 valence electrons. The second-order valence-corrected chi connectivity index (χ2v) is 4.52. The summed E-state index contributed by atoms with van der Waals surface area (Å²) in [7, 11) is 0. The minimum absolute atomic E-state index is 0.0473. The molecule has 1 N–H and O–H groups in total. The number of nitrogens with zero attached hydrogens (tertiary/aromatic N) is 2. The predicted molar refractivity (Wildman–Crippen MR) is 79.4 cm³/mol. The number of aromatic nitrogens is 2. The number of nitro benzene ring substituents is 1. The molecule has 3 aromatic rings. The summed E-state index contributed by atoms with van der Waals surface area (Å²) in [5, 5.41) is 18.8. The molecule has 0 saturated carbocycles. The number of benzene rings is 2. The molecule has 0 radical (unpaired) electrons. The van der Waals surface area contributed by atoms with Gasteiger partial charge < -0.3 is 4.74 Å². The van der Waals surface area contributed by atoms with E-state index in [2.05, 4.69) is 10.2 Å². The topological polar surface area (TPSA) is 81.0 Å². The van der Waals surface area contributed by atoms with Crippen LogP contribution in [-0.4, -0.2) is 21.7 Å². The highest BCUT2D eigenvalue weighted by molar-refractivity contribution is 5.94. The Morgan fingerprint density at radius 1 is 1.29 bits per heavy atom. The van der Waals surface area contributed by atoms with Crippen LogP contribution < -0.4 is 4.74 Å². The Morgan fingerprint density at radius 3 is 2.90 bits per heavy atom. The molecule has 6 heteroatoms. The van der Waals surface area contributed by atoms with Crippen molar-refractivity contribution in [2.24, 2.45) is 0 Å². The lowest BCUT2D eigenvalue weighted by molar-refractivity contribution is -0.384. The molecule has 0 fully saturated rings. The number of rotatable bonds is 4. The first-order chi connectivity index (χ1) is 10.2. The Hall–Kier alpha value is -2.89. The molecule has 0 saturated heterocycles. The lowest BCUT2D eigenvalue weighted by Gasteiger charge is -2.04. The fourth-order valence-electron chi connectivity index (χ4n) is 2.24. The standard InChI is InChI=1S/C15H13N3O3/c1-2-21-12-5-3-4-10(8-12)15-13-9-11(18(19)20)6-7-14(13)16-17-15/h3-9H,2H2,1H3,(H,16,17). The number of aromatic amines is 1. The first-order valence-electron chi connectivity index (χ1n) is 6.55. The number of non-ortho nitro benzene ring substituents is 1. The van der Waals surface area contributed by atoms with E-state index in [4.69, 9.17) is 4.74 Å². The zero-order valence-corrected chi connectivity index (χ0v) is 11.4.